The van der Waals surface area contributed by atoms with Gasteiger partial charge in [-0.05, 0) is 69.8 Å². The maximum Gasteiger partial charge on any atom is 0.0360 e. The molecule has 21 heavy (non-hydrogen) atoms. The Balaban J connectivity index is 2.18. The summed E-state index contributed by atoms with van der Waals surface area (Å²) < 4.78 is 0. The van der Waals surface area contributed by atoms with Crippen LogP contribution in [0, 0.1) is 19.8 Å². The Labute approximate surface area is 130 Å². The van der Waals surface area contributed by atoms with Gasteiger partial charge in [0.2, 0.25) is 0 Å². The summed E-state index contributed by atoms with van der Waals surface area (Å²) >= 11 is 0. The first-order chi connectivity index (χ1) is 9.85. The summed E-state index contributed by atoms with van der Waals surface area (Å²) in [6, 6.07) is 6.99. The van der Waals surface area contributed by atoms with Gasteiger partial charge >= 0.3 is 0 Å². The third-order valence-corrected chi connectivity index (χ3v) is 5.62. The van der Waals surface area contributed by atoms with Crippen molar-refractivity contribution >= 4 is 0 Å². The molecular formula is C19H32N2. The number of aryl methyl sites for hydroxylation is 2. The number of likely N-dealkylation sites (N-methyl/N-ethyl adjacent to an activating group) is 1. The summed E-state index contributed by atoms with van der Waals surface area (Å²) in [4.78, 5) is 2.40. The number of benzene rings is 1. The predicted octanol–water partition coefficient (Wildman–Crippen LogP) is 3.68. The molecule has 2 nitrogen and oxygen atoms in total. The van der Waals surface area contributed by atoms with Crippen molar-refractivity contribution in [2.45, 2.75) is 64.5 Å². The standard InChI is InChI=1S/C19H32N2/c1-14-7-6-10-19(13-14,21(4)5)18(20)12-17-9-8-15(2)16(3)11-17/h8-9,11,14,18H,6-7,10,12-13,20H2,1-5H3. The number of nitrogens with two attached hydrogens (primary N) is 1. The molecule has 1 aliphatic carbocycles. The molecule has 0 radical (unpaired) electrons. The minimum Gasteiger partial charge on any atom is -0.326 e. The molecule has 1 saturated carbocycles. The number of hydrogen-bond donors (Lipinski definition) is 1. The molecule has 0 bridgehead atoms. The van der Waals surface area contributed by atoms with E-state index < -0.39 is 0 Å². The molecule has 0 spiro atoms. The smallest absolute Gasteiger partial charge is 0.0360 e. The fourth-order valence-corrected chi connectivity index (χ4v) is 4.01. The van der Waals surface area contributed by atoms with Gasteiger partial charge < -0.3 is 10.6 Å². The number of rotatable bonds is 4. The normalized spacial score (nSPS) is 27.9. The SMILES string of the molecule is Cc1ccc(CC(N)C2(N(C)C)CCCC(C)C2)cc1C. The number of nitrogens with zero attached hydrogens (tertiary/aromatic N) is 1. The van der Waals surface area contributed by atoms with E-state index in [1.807, 2.05) is 0 Å². The Bertz CT molecular complexity index is 480. The van der Waals surface area contributed by atoms with E-state index >= 15 is 0 Å². The second kappa shape index (κ2) is 6.50. The number of hydrogen-bond acceptors (Lipinski definition) is 2. The van der Waals surface area contributed by atoms with E-state index in [1.54, 1.807) is 0 Å². The van der Waals surface area contributed by atoms with E-state index in [9.17, 15) is 0 Å². The highest BCUT2D eigenvalue weighted by Gasteiger charge is 2.41. The van der Waals surface area contributed by atoms with Crippen molar-refractivity contribution < 1.29 is 0 Å². The molecule has 0 amide bonds. The molecule has 1 aromatic carbocycles. The molecule has 1 aliphatic rings. The van der Waals surface area contributed by atoms with Gasteiger partial charge in [-0.2, -0.15) is 0 Å². The van der Waals surface area contributed by atoms with E-state index in [-0.39, 0.29) is 11.6 Å². The third-order valence-electron chi connectivity index (χ3n) is 5.62. The Kier molecular flexibility index (Phi) is 5.11. The molecule has 2 N–H and O–H groups in total. The summed E-state index contributed by atoms with van der Waals surface area (Å²) in [6.07, 6.45) is 6.10. The zero-order chi connectivity index (χ0) is 15.6. The molecule has 3 atom stereocenters. The van der Waals surface area contributed by atoms with Crippen LogP contribution < -0.4 is 5.73 Å². The molecule has 1 fully saturated rings. The molecule has 3 unspecified atom stereocenters. The molecular weight excluding hydrogens is 256 g/mol. The van der Waals surface area contributed by atoms with Crippen LogP contribution in [0.5, 0.6) is 0 Å². The Hall–Kier alpha value is -0.860. The Morgan fingerprint density at radius 2 is 2.00 bits per heavy atom. The van der Waals surface area contributed by atoms with E-state index in [0.717, 1.165) is 12.3 Å². The minimum absolute atomic E-state index is 0.163. The summed E-state index contributed by atoms with van der Waals surface area (Å²) in [7, 11) is 4.41. The van der Waals surface area contributed by atoms with Crippen molar-refractivity contribution in [1.29, 1.82) is 0 Å². The quantitative estimate of drug-likeness (QED) is 0.915. The first kappa shape index (κ1) is 16.5. The van der Waals surface area contributed by atoms with Gasteiger partial charge in [-0.3, -0.25) is 0 Å². The van der Waals surface area contributed by atoms with Crippen molar-refractivity contribution in [3.63, 3.8) is 0 Å². The highest BCUT2D eigenvalue weighted by molar-refractivity contribution is 5.30. The summed E-state index contributed by atoms with van der Waals surface area (Å²) in [5.74, 6) is 0.784. The largest absolute Gasteiger partial charge is 0.326 e. The minimum atomic E-state index is 0.163. The van der Waals surface area contributed by atoms with Crippen molar-refractivity contribution in [1.82, 2.24) is 4.90 Å². The lowest BCUT2D eigenvalue weighted by Gasteiger charge is -2.49. The Morgan fingerprint density at radius 1 is 1.29 bits per heavy atom. The van der Waals surface area contributed by atoms with Crippen LogP contribution in [0.25, 0.3) is 0 Å². The lowest BCUT2D eigenvalue weighted by molar-refractivity contribution is 0.0504. The summed E-state index contributed by atoms with van der Waals surface area (Å²) in [6.45, 7) is 6.73. The van der Waals surface area contributed by atoms with Gasteiger partial charge in [-0.1, -0.05) is 38.0 Å². The molecule has 1 aromatic rings. The van der Waals surface area contributed by atoms with Gasteiger partial charge in [-0.15, -0.1) is 0 Å². The fourth-order valence-electron chi connectivity index (χ4n) is 4.01. The second-order valence-electron chi connectivity index (χ2n) is 7.43. The molecule has 2 rings (SSSR count). The van der Waals surface area contributed by atoms with Crippen LogP contribution in [0.1, 0.15) is 49.3 Å². The molecule has 2 heteroatoms. The summed E-state index contributed by atoms with van der Waals surface area (Å²) in [5.41, 5.74) is 11.0. The summed E-state index contributed by atoms with van der Waals surface area (Å²) in [5, 5.41) is 0. The zero-order valence-electron chi connectivity index (χ0n) is 14.4. The first-order valence-corrected chi connectivity index (χ1v) is 8.34. The molecule has 118 valence electrons. The van der Waals surface area contributed by atoms with E-state index in [0.29, 0.717) is 0 Å². The van der Waals surface area contributed by atoms with E-state index in [4.69, 9.17) is 5.73 Å². The second-order valence-corrected chi connectivity index (χ2v) is 7.43. The highest BCUT2D eigenvalue weighted by atomic mass is 15.2. The van der Waals surface area contributed by atoms with Gasteiger partial charge in [0.05, 0.1) is 0 Å². The van der Waals surface area contributed by atoms with E-state index in [1.165, 1.54) is 42.4 Å². The van der Waals surface area contributed by atoms with Crippen molar-refractivity contribution in [2.24, 2.45) is 11.7 Å². The Morgan fingerprint density at radius 3 is 2.57 bits per heavy atom. The van der Waals surface area contributed by atoms with Gasteiger partial charge in [0.1, 0.15) is 0 Å². The monoisotopic (exact) mass is 288 g/mol. The van der Waals surface area contributed by atoms with Gasteiger partial charge in [0.25, 0.3) is 0 Å². The third kappa shape index (κ3) is 3.49. The maximum atomic E-state index is 6.73. The van der Waals surface area contributed by atoms with Crippen LogP contribution in [0.4, 0.5) is 0 Å². The van der Waals surface area contributed by atoms with Crippen molar-refractivity contribution in [3.05, 3.63) is 34.9 Å². The average molecular weight is 288 g/mol. The van der Waals surface area contributed by atoms with Crippen molar-refractivity contribution in [3.8, 4) is 0 Å². The lowest BCUT2D eigenvalue weighted by atomic mass is 9.70. The lowest BCUT2D eigenvalue weighted by Crippen LogP contribution is -2.60. The van der Waals surface area contributed by atoms with Crippen LogP contribution in [0.15, 0.2) is 18.2 Å². The molecule has 0 saturated heterocycles. The molecule has 0 heterocycles. The van der Waals surface area contributed by atoms with Crippen LogP contribution in [0.2, 0.25) is 0 Å². The predicted molar refractivity (Wildman–Crippen MR) is 91.6 cm³/mol. The van der Waals surface area contributed by atoms with E-state index in [2.05, 4.69) is 58.0 Å². The topological polar surface area (TPSA) is 29.3 Å². The highest BCUT2D eigenvalue weighted by Crippen LogP contribution is 2.38. The fraction of sp³-hybridized carbons (Fsp3) is 0.684. The zero-order valence-corrected chi connectivity index (χ0v) is 14.4. The molecule has 0 aliphatic heterocycles. The van der Waals surface area contributed by atoms with Gasteiger partial charge in [0, 0.05) is 11.6 Å². The van der Waals surface area contributed by atoms with Crippen LogP contribution in [-0.2, 0) is 6.42 Å². The van der Waals surface area contributed by atoms with Crippen LogP contribution >= 0.6 is 0 Å². The molecule has 0 aromatic heterocycles. The van der Waals surface area contributed by atoms with Gasteiger partial charge in [0.15, 0.2) is 0 Å². The maximum absolute atomic E-state index is 6.73. The van der Waals surface area contributed by atoms with Crippen molar-refractivity contribution in [2.75, 3.05) is 14.1 Å². The first-order valence-electron chi connectivity index (χ1n) is 8.34. The van der Waals surface area contributed by atoms with Crippen LogP contribution in [-0.4, -0.2) is 30.6 Å². The van der Waals surface area contributed by atoms with Crippen LogP contribution in [0.3, 0.4) is 0 Å². The average Bonchev–Trinajstić information content (AvgIpc) is 2.42. The van der Waals surface area contributed by atoms with Gasteiger partial charge in [-0.25, -0.2) is 0 Å².